The molecule has 146 valence electrons. The van der Waals surface area contributed by atoms with E-state index in [2.05, 4.69) is 67.5 Å². The first-order valence-electron chi connectivity index (χ1n) is 11.6. The second-order valence-corrected chi connectivity index (χ2v) is 37.1. The number of rotatable bonds is 8. The topological polar surface area (TPSA) is 0 Å². The predicted octanol–water partition coefficient (Wildman–Crippen LogP) is 4.65. The van der Waals surface area contributed by atoms with Gasteiger partial charge >= 0.3 is 0 Å². The molecule has 1 aromatic rings. The van der Waals surface area contributed by atoms with Gasteiger partial charge < -0.3 is 0 Å². The van der Waals surface area contributed by atoms with E-state index in [4.69, 9.17) is 0 Å². The van der Waals surface area contributed by atoms with Crippen molar-refractivity contribution in [1.29, 1.82) is 0 Å². The fourth-order valence-electron chi connectivity index (χ4n) is 8.32. The lowest BCUT2D eigenvalue weighted by atomic mass is 10.3. The predicted molar refractivity (Wildman–Crippen MR) is 132 cm³/mol. The van der Waals surface area contributed by atoms with E-state index in [-0.39, 0.29) is 0 Å². The summed E-state index contributed by atoms with van der Waals surface area (Å²) in [6.45, 7) is 20.4. The zero-order chi connectivity index (χ0) is 19.4. The lowest BCUT2D eigenvalue weighted by molar-refractivity contribution is 1.21. The van der Waals surface area contributed by atoms with Crippen LogP contribution >= 0.6 is 0 Å². The Kier molecular flexibility index (Phi) is 5.49. The summed E-state index contributed by atoms with van der Waals surface area (Å²) in [5.74, 6) is 0. The highest BCUT2D eigenvalue weighted by atomic mass is 29.3. The summed E-state index contributed by atoms with van der Waals surface area (Å²) in [6, 6.07) is 17.9. The Balaban J connectivity index is 2.30. The van der Waals surface area contributed by atoms with E-state index >= 15 is 0 Å². The van der Waals surface area contributed by atoms with E-state index in [9.17, 15) is 0 Å². The molecule has 3 rings (SSSR count). The fourth-order valence-corrected chi connectivity index (χ4v) is 51.2. The summed E-state index contributed by atoms with van der Waals surface area (Å²) < 4.78 is 0. The van der Waals surface area contributed by atoms with E-state index in [1.54, 1.807) is 0 Å². The standard InChI is InChI=1S/C22H42Si4/c1-9-23(10-2)19-17-21-22(18-20(19)24(23,11-3)12-4)26(15-7,16-8)25(21,13-5)14-6/h17-18H,9-16H2,1-8H3. The van der Waals surface area contributed by atoms with E-state index in [1.807, 2.05) is 20.7 Å². The van der Waals surface area contributed by atoms with Crippen LogP contribution in [0.25, 0.3) is 0 Å². The van der Waals surface area contributed by atoms with Crippen LogP contribution in [0.1, 0.15) is 55.4 Å². The normalized spacial score (nSPS) is 22.8. The zero-order valence-corrected chi connectivity index (χ0v) is 22.8. The van der Waals surface area contributed by atoms with Gasteiger partial charge in [-0.05, 0) is 0 Å². The maximum absolute atomic E-state index is 2.90. The molecule has 2 aliphatic rings. The first-order chi connectivity index (χ1) is 12.4. The third-order valence-corrected chi connectivity index (χ3v) is 52.2. The van der Waals surface area contributed by atoms with Gasteiger partial charge in [0.15, 0.2) is 0 Å². The molecule has 0 amide bonds. The average Bonchev–Trinajstić information content (AvgIpc) is 2.67. The van der Waals surface area contributed by atoms with Gasteiger partial charge in [0.1, 0.15) is 0 Å². The Bertz CT molecular complexity index is 563. The molecule has 0 atom stereocenters. The number of benzene rings is 1. The van der Waals surface area contributed by atoms with Crippen molar-refractivity contribution < 1.29 is 0 Å². The van der Waals surface area contributed by atoms with Crippen LogP contribution in [0.5, 0.6) is 0 Å². The molecule has 0 radical (unpaired) electrons. The second-order valence-electron chi connectivity index (χ2n) is 9.10. The smallest absolute Gasteiger partial charge is 0.0677 e. The molecule has 2 heterocycles. The van der Waals surface area contributed by atoms with E-state index in [1.165, 1.54) is 48.4 Å². The quantitative estimate of drug-likeness (QED) is 0.539. The molecular weight excluding hydrogens is 377 g/mol. The van der Waals surface area contributed by atoms with Crippen molar-refractivity contribution in [3.63, 3.8) is 0 Å². The van der Waals surface area contributed by atoms with Crippen LogP contribution in [0.2, 0.25) is 48.4 Å². The SMILES string of the molecule is CC[Si]1(CC)c2cc3c(cc2[Si]1(CC)CC)[Si](CC)(CC)[Si]3(CC)CC. The summed E-state index contributed by atoms with van der Waals surface area (Å²) in [6.07, 6.45) is 0. The van der Waals surface area contributed by atoms with Gasteiger partial charge in [0.05, 0.1) is 30.4 Å². The van der Waals surface area contributed by atoms with Crippen molar-refractivity contribution >= 4 is 51.1 Å². The lowest BCUT2D eigenvalue weighted by Crippen LogP contribution is -2.95. The van der Waals surface area contributed by atoms with E-state index in [0.717, 1.165) is 0 Å². The summed E-state index contributed by atoms with van der Waals surface area (Å²) in [4.78, 5) is 0. The molecule has 0 aromatic heterocycles. The van der Waals surface area contributed by atoms with E-state index in [0.29, 0.717) is 0 Å². The van der Waals surface area contributed by atoms with Gasteiger partial charge in [-0.1, -0.05) is 137 Å². The number of fused-ring (bicyclic) bond motifs is 2. The van der Waals surface area contributed by atoms with Crippen LogP contribution in [0.3, 0.4) is 0 Å². The third kappa shape index (κ3) is 1.91. The maximum atomic E-state index is 2.90. The lowest BCUT2D eigenvalue weighted by Gasteiger charge is -2.63. The largest absolute Gasteiger partial charge is 0.0849 e. The average molecular weight is 419 g/mol. The molecule has 0 bridgehead atoms. The van der Waals surface area contributed by atoms with Gasteiger partial charge in [0, 0.05) is 0 Å². The molecule has 0 N–H and O–H groups in total. The highest BCUT2D eigenvalue weighted by Gasteiger charge is 2.67. The Morgan fingerprint density at radius 1 is 0.385 bits per heavy atom. The molecular formula is C22H42Si4. The minimum Gasteiger partial charge on any atom is -0.0677 e. The second kappa shape index (κ2) is 6.85. The molecule has 0 spiro atoms. The maximum Gasteiger partial charge on any atom is 0.0849 e. The van der Waals surface area contributed by atoms with Crippen molar-refractivity contribution in [2.24, 2.45) is 0 Å². The minimum absolute atomic E-state index is 1.19. The molecule has 2 aliphatic heterocycles. The van der Waals surface area contributed by atoms with Gasteiger partial charge in [-0.15, -0.1) is 0 Å². The highest BCUT2D eigenvalue weighted by Crippen LogP contribution is 2.43. The van der Waals surface area contributed by atoms with Crippen molar-refractivity contribution in [1.82, 2.24) is 0 Å². The van der Waals surface area contributed by atoms with Gasteiger partial charge in [-0.3, -0.25) is 0 Å². The molecule has 4 heteroatoms. The Hall–Kier alpha value is 0.0875. The molecule has 0 saturated heterocycles. The zero-order valence-electron chi connectivity index (χ0n) is 18.8. The summed E-state index contributed by atoms with van der Waals surface area (Å²) in [5.41, 5.74) is 0. The van der Waals surface area contributed by atoms with Crippen molar-refractivity contribution in [3.8, 4) is 0 Å². The van der Waals surface area contributed by atoms with Gasteiger partial charge in [-0.2, -0.15) is 0 Å². The van der Waals surface area contributed by atoms with Gasteiger partial charge in [0.2, 0.25) is 0 Å². The van der Waals surface area contributed by atoms with Gasteiger partial charge in [0.25, 0.3) is 0 Å². The number of hydrogen-bond donors (Lipinski definition) is 0. The first-order valence-corrected chi connectivity index (χ1v) is 23.3. The van der Waals surface area contributed by atoms with E-state index < -0.39 is 30.4 Å². The van der Waals surface area contributed by atoms with Crippen LogP contribution in [-0.2, 0) is 0 Å². The van der Waals surface area contributed by atoms with Crippen molar-refractivity contribution in [3.05, 3.63) is 12.1 Å². The van der Waals surface area contributed by atoms with Crippen LogP contribution in [-0.4, -0.2) is 30.4 Å². The van der Waals surface area contributed by atoms with Crippen LogP contribution < -0.4 is 20.7 Å². The summed E-state index contributed by atoms with van der Waals surface area (Å²) in [5, 5.41) is 7.91. The van der Waals surface area contributed by atoms with Crippen LogP contribution in [0.4, 0.5) is 0 Å². The Labute approximate surface area is 166 Å². The molecule has 0 aliphatic carbocycles. The van der Waals surface area contributed by atoms with Crippen molar-refractivity contribution in [2.75, 3.05) is 0 Å². The Morgan fingerprint density at radius 3 is 0.654 bits per heavy atom. The summed E-state index contributed by atoms with van der Waals surface area (Å²) in [7, 11) is -4.76. The molecule has 0 unspecified atom stereocenters. The summed E-state index contributed by atoms with van der Waals surface area (Å²) >= 11 is 0. The van der Waals surface area contributed by atoms with Gasteiger partial charge in [-0.25, -0.2) is 0 Å². The van der Waals surface area contributed by atoms with Crippen molar-refractivity contribution in [2.45, 2.75) is 104 Å². The minimum atomic E-state index is -1.19. The molecule has 0 nitrogen and oxygen atoms in total. The first kappa shape index (κ1) is 20.8. The molecule has 0 saturated carbocycles. The fraction of sp³-hybridized carbons (Fsp3) is 0.727. The Morgan fingerprint density at radius 2 is 0.538 bits per heavy atom. The molecule has 1 aromatic carbocycles. The third-order valence-electron chi connectivity index (χ3n) is 9.88. The highest BCUT2D eigenvalue weighted by molar-refractivity contribution is 7.60. The van der Waals surface area contributed by atoms with Crippen LogP contribution in [0.15, 0.2) is 12.1 Å². The molecule has 0 fully saturated rings. The monoisotopic (exact) mass is 418 g/mol. The number of hydrogen-bond acceptors (Lipinski definition) is 0. The van der Waals surface area contributed by atoms with Crippen LogP contribution in [0, 0.1) is 0 Å². The molecule has 26 heavy (non-hydrogen) atoms.